The Morgan fingerprint density at radius 2 is 1.94 bits per heavy atom. The average Bonchev–Trinajstić information content (AvgIpc) is 2.37. The number of ether oxygens (including phenoxy) is 3. The second kappa shape index (κ2) is 8.98. The lowest BCUT2D eigenvalue weighted by molar-refractivity contribution is 0.0224. The van der Waals surface area contributed by atoms with E-state index in [1.165, 1.54) is 5.56 Å². The first-order valence-electron chi connectivity index (χ1n) is 5.86. The van der Waals surface area contributed by atoms with Crippen molar-refractivity contribution >= 4 is 0 Å². The van der Waals surface area contributed by atoms with Gasteiger partial charge in [-0.15, -0.1) is 0 Å². The third kappa shape index (κ3) is 6.26. The summed E-state index contributed by atoms with van der Waals surface area (Å²) in [5.41, 5.74) is 1.23. The van der Waals surface area contributed by atoms with Crippen LogP contribution in [0.3, 0.4) is 0 Å². The largest absolute Gasteiger partial charge is 0.468 e. The second-order valence-corrected chi connectivity index (χ2v) is 3.57. The summed E-state index contributed by atoms with van der Waals surface area (Å²) in [6.45, 7) is 5.35. The lowest BCUT2D eigenvalue weighted by atomic mass is 10.2. The Kier molecular flexibility index (Phi) is 7.38. The van der Waals surface area contributed by atoms with Crippen molar-refractivity contribution in [1.82, 2.24) is 5.32 Å². The topological polar surface area (TPSA) is 39.7 Å². The van der Waals surface area contributed by atoms with Gasteiger partial charge in [-0.05, 0) is 24.6 Å². The van der Waals surface area contributed by atoms with E-state index in [4.69, 9.17) is 14.2 Å². The molecule has 0 aliphatic heterocycles. The highest BCUT2D eigenvalue weighted by Crippen LogP contribution is 2.11. The maximum atomic E-state index is 5.38. The maximum absolute atomic E-state index is 5.38. The molecule has 0 spiro atoms. The minimum atomic E-state index is 0.307. The zero-order chi connectivity index (χ0) is 12.3. The maximum Gasteiger partial charge on any atom is 0.189 e. The van der Waals surface area contributed by atoms with Crippen molar-refractivity contribution in [3.05, 3.63) is 29.8 Å². The molecule has 4 nitrogen and oxygen atoms in total. The van der Waals surface area contributed by atoms with Crippen LogP contribution in [0.2, 0.25) is 0 Å². The van der Waals surface area contributed by atoms with Crippen molar-refractivity contribution < 1.29 is 14.2 Å². The SMILES string of the molecule is CCOCOc1ccc(CNCCOC)cc1. The molecule has 1 N–H and O–H groups in total. The zero-order valence-electron chi connectivity index (χ0n) is 10.6. The molecule has 0 heterocycles. The Labute approximate surface area is 103 Å². The molecule has 0 bridgehead atoms. The van der Waals surface area contributed by atoms with Crippen molar-refractivity contribution in [3.63, 3.8) is 0 Å². The second-order valence-electron chi connectivity index (χ2n) is 3.57. The number of rotatable bonds is 9. The summed E-state index contributed by atoms with van der Waals surface area (Å²) >= 11 is 0. The highest BCUT2D eigenvalue weighted by molar-refractivity contribution is 5.27. The third-order valence-electron chi connectivity index (χ3n) is 2.25. The summed E-state index contributed by atoms with van der Waals surface area (Å²) in [5, 5.41) is 3.28. The summed E-state index contributed by atoms with van der Waals surface area (Å²) in [6, 6.07) is 7.99. The third-order valence-corrected chi connectivity index (χ3v) is 2.25. The molecule has 1 rings (SSSR count). The minimum absolute atomic E-state index is 0.307. The molecular formula is C13H21NO3. The minimum Gasteiger partial charge on any atom is -0.468 e. The van der Waals surface area contributed by atoms with Gasteiger partial charge in [0.2, 0.25) is 0 Å². The van der Waals surface area contributed by atoms with Crippen molar-refractivity contribution in [3.8, 4) is 5.75 Å². The van der Waals surface area contributed by atoms with Crippen molar-refractivity contribution in [1.29, 1.82) is 0 Å². The summed E-state index contributed by atoms with van der Waals surface area (Å²) in [5.74, 6) is 0.832. The zero-order valence-corrected chi connectivity index (χ0v) is 10.6. The highest BCUT2D eigenvalue weighted by atomic mass is 16.7. The van der Waals surface area contributed by atoms with Gasteiger partial charge in [-0.1, -0.05) is 12.1 Å². The average molecular weight is 239 g/mol. The first kappa shape index (κ1) is 14.0. The molecule has 96 valence electrons. The Morgan fingerprint density at radius 1 is 1.18 bits per heavy atom. The number of benzene rings is 1. The van der Waals surface area contributed by atoms with Gasteiger partial charge in [0.1, 0.15) is 5.75 Å². The monoisotopic (exact) mass is 239 g/mol. The molecule has 0 saturated heterocycles. The van der Waals surface area contributed by atoms with Crippen molar-refractivity contribution in [2.24, 2.45) is 0 Å². The fourth-order valence-corrected chi connectivity index (χ4v) is 1.30. The molecule has 0 aliphatic carbocycles. The van der Waals surface area contributed by atoms with Crippen LogP contribution in [0.1, 0.15) is 12.5 Å². The molecule has 0 aromatic heterocycles. The van der Waals surface area contributed by atoms with Gasteiger partial charge in [0.25, 0.3) is 0 Å². The Hall–Kier alpha value is -1.10. The first-order valence-corrected chi connectivity index (χ1v) is 5.86. The Balaban J connectivity index is 2.24. The molecule has 0 fully saturated rings. The van der Waals surface area contributed by atoms with Crippen molar-refractivity contribution in [2.75, 3.05) is 33.7 Å². The summed E-state index contributed by atoms with van der Waals surface area (Å²) in [7, 11) is 1.70. The van der Waals surface area contributed by atoms with Gasteiger partial charge in [-0.3, -0.25) is 0 Å². The van der Waals surface area contributed by atoms with Crippen LogP contribution >= 0.6 is 0 Å². The number of hydrogen-bond donors (Lipinski definition) is 1. The molecule has 0 aliphatic rings. The standard InChI is InChI=1S/C13H21NO3/c1-3-16-11-17-13-6-4-12(5-7-13)10-14-8-9-15-2/h4-7,14H,3,8-11H2,1-2H3. The van der Waals surface area contributed by atoms with Gasteiger partial charge < -0.3 is 19.5 Å². The molecule has 0 atom stereocenters. The van der Waals surface area contributed by atoms with Gasteiger partial charge in [0.05, 0.1) is 6.61 Å². The van der Waals surface area contributed by atoms with Crippen LogP contribution in [0.4, 0.5) is 0 Å². The predicted molar refractivity (Wildman–Crippen MR) is 67.1 cm³/mol. The molecule has 4 heteroatoms. The van der Waals surface area contributed by atoms with Crippen LogP contribution in [0.15, 0.2) is 24.3 Å². The molecular weight excluding hydrogens is 218 g/mol. The van der Waals surface area contributed by atoms with E-state index < -0.39 is 0 Å². The van der Waals surface area contributed by atoms with Gasteiger partial charge in [-0.25, -0.2) is 0 Å². The lowest BCUT2D eigenvalue weighted by Crippen LogP contribution is -2.18. The van der Waals surface area contributed by atoms with Crippen molar-refractivity contribution in [2.45, 2.75) is 13.5 Å². The van der Waals surface area contributed by atoms with Crippen LogP contribution in [-0.4, -0.2) is 33.7 Å². The van der Waals surface area contributed by atoms with E-state index in [-0.39, 0.29) is 0 Å². The van der Waals surface area contributed by atoms with Crippen LogP contribution in [-0.2, 0) is 16.0 Å². The predicted octanol–water partition coefficient (Wildman–Crippen LogP) is 1.80. The Bertz CT molecular complexity index is 287. The molecule has 17 heavy (non-hydrogen) atoms. The van der Waals surface area contributed by atoms with E-state index in [9.17, 15) is 0 Å². The van der Waals surface area contributed by atoms with E-state index in [1.807, 2.05) is 31.2 Å². The number of hydrogen-bond acceptors (Lipinski definition) is 4. The van der Waals surface area contributed by atoms with Crippen LogP contribution in [0, 0.1) is 0 Å². The summed E-state index contributed by atoms with van der Waals surface area (Å²) < 4.78 is 15.5. The molecule has 0 radical (unpaired) electrons. The van der Waals surface area contributed by atoms with E-state index >= 15 is 0 Å². The molecule has 0 saturated carbocycles. The molecule has 0 unspecified atom stereocenters. The van der Waals surface area contributed by atoms with E-state index in [2.05, 4.69) is 5.32 Å². The fraction of sp³-hybridized carbons (Fsp3) is 0.538. The quantitative estimate of drug-likeness (QED) is 0.527. The summed E-state index contributed by atoms with van der Waals surface area (Å²) in [4.78, 5) is 0. The van der Waals surface area contributed by atoms with Crippen LogP contribution in [0.25, 0.3) is 0 Å². The highest BCUT2D eigenvalue weighted by Gasteiger charge is 1.95. The first-order chi connectivity index (χ1) is 8.36. The number of methoxy groups -OCH3 is 1. The Morgan fingerprint density at radius 3 is 2.59 bits per heavy atom. The normalized spacial score (nSPS) is 10.5. The van der Waals surface area contributed by atoms with Gasteiger partial charge in [0, 0.05) is 26.8 Å². The number of nitrogens with one attached hydrogen (secondary N) is 1. The van der Waals surface area contributed by atoms with Gasteiger partial charge >= 0.3 is 0 Å². The lowest BCUT2D eigenvalue weighted by Gasteiger charge is -2.07. The molecule has 1 aromatic rings. The van der Waals surface area contributed by atoms with Crippen LogP contribution < -0.4 is 10.1 Å². The molecule has 1 aromatic carbocycles. The van der Waals surface area contributed by atoms with Gasteiger partial charge in [0.15, 0.2) is 6.79 Å². The smallest absolute Gasteiger partial charge is 0.189 e. The van der Waals surface area contributed by atoms with E-state index in [1.54, 1.807) is 7.11 Å². The summed E-state index contributed by atoms with van der Waals surface area (Å²) in [6.07, 6.45) is 0. The van der Waals surface area contributed by atoms with E-state index in [0.29, 0.717) is 13.4 Å². The van der Waals surface area contributed by atoms with Crippen LogP contribution in [0.5, 0.6) is 5.75 Å². The van der Waals surface area contributed by atoms with Gasteiger partial charge in [-0.2, -0.15) is 0 Å². The fourth-order valence-electron chi connectivity index (χ4n) is 1.30. The molecule has 0 amide bonds. The van der Waals surface area contributed by atoms with E-state index in [0.717, 1.165) is 25.4 Å².